The van der Waals surface area contributed by atoms with Gasteiger partial charge in [0.2, 0.25) is 0 Å². The number of carbonyl (C=O) groups is 1. The number of hydrogen-bond acceptors (Lipinski definition) is 5. The third-order valence-electron chi connectivity index (χ3n) is 3.52. The van der Waals surface area contributed by atoms with Gasteiger partial charge in [0.25, 0.3) is 0 Å². The van der Waals surface area contributed by atoms with Crippen LogP contribution in [0.15, 0.2) is 59.3 Å². The number of aryl methyl sites for hydroxylation is 1. The summed E-state index contributed by atoms with van der Waals surface area (Å²) >= 11 is 0. The van der Waals surface area contributed by atoms with Gasteiger partial charge in [0.15, 0.2) is 5.82 Å². The van der Waals surface area contributed by atoms with Crippen molar-refractivity contribution in [2.75, 3.05) is 11.9 Å². The minimum Gasteiger partial charge on any atom is -0.467 e. The number of nitrogens with zero attached hydrogens (tertiary/aromatic N) is 2. The summed E-state index contributed by atoms with van der Waals surface area (Å²) in [6, 6.07) is 12.0. The fourth-order valence-corrected chi connectivity index (χ4v) is 2.24. The zero-order valence-electron chi connectivity index (χ0n) is 13.6. The molecule has 0 aliphatic rings. The molecule has 1 unspecified atom stereocenters. The molecule has 0 radical (unpaired) electrons. The highest BCUT2D eigenvalue weighted by Crippen LogP contribution is 2.18. The van der Waals surface area contributed by atoms with Crippen LogP contribution < -0.4 is 10.6 Å². The fourth-order valence-electron chi connectivity index (χ4n) is 2.24. The van der Waals surface area contributed by atoms with Crippen molar-refractivity contribution in [2.45, 2.75) is 13.0 Å². The number of furan rings is 1. The molecule has 7 heteroatoms. The predicted molar refractivity (Wildman–Crippen MR) is 92.9 cm³/mol. The predicted octanol–water partition coefficient (Wildman–Crippen LogP) is 2.90. The number of aliphatic hydroxyl groups is 1. The normalized spacial score (nSPS) is 11.8. The Kier molecular flexibility index (Phi) is 5.06. The van der Waals surface area contributed by atoms with Crippen LogP contribution in [0, 0.1) is 6.92 Å². The fraction of sp³-hybridized carbons (Fsp3) is 0.167. The molecule has 0 saturated carbocycles. The average Bonchev–Trinajstić information content (AvgIpc) is 3.15. The maximum atomic E-state index is 11.9. The van der Waals surface area contributed by atoms with Gasteiger partial charge in [-0.1, -0.05) is 0 Å². The lowest BCUT2D eigenvalue weighted by molar-refractivity contribution is 0.149. The van der Waals surface area contributed by atoms with E-state index in [4.69, 9.17) is 4.42 Å². The lowest BCUT2D eigenvalue weighted by Gasteiger charge is -2.11. The van der Waals surface area contributed by atoms with Crippen LogP contribution in [0.5, 0.6) is 0 Å². The van der Waals surface area contributed by atoms with E-state index in [-0.39, 0.29) is 6.54 Å². The molecule has 3 N–H and O–H groups in total. The molecule has 0 aliphatic carbocycles. The smallest absolute Gasteiger partial charge is 0.319 e. The molecule has 2 amide bonds. The molecule has 25 heavy (non-hydrogen) atoms. The van der Waals surface area contributed by atoms with Crippen LogP contribution >= 0.6 is 0 Å². The molecule has 7 nitrogen and oxygen atoms in total. The van der Waals surface area contributed by atoms with Gasteiger partial charge < -0.3 is 20.2 Å². The number of aliphatic hydroxyl groups excluding tert-OH is 1. The molecule has 2 aromatic heterocycles. The Bertz CT molecular complexity index is 832. The van der Waals surface area contributed by atoms with Crippen LogP contribution in [0.4, 0.5) is 10.5 Å². The van der Waals surface area contributed by atoms with Gasteiger partial charge in [-0.15, -0.1) is 0 Å². The van der Waals surface area contributed by atoms with Crippen LogP contribution in [-0.2, 0) is 0 Å². The average molecular weight is 338 g/mol. The van der Waals surface area contributed by atoms with E-state index in [0.29, 0.717) is 17.3 Å². The second kappa shape index (κ2) is 7.59. The number of amides is 2. The van der Waals surface area contributed by atoms with E-state index < -0.39 is 12.1 Å². The van der Waals surface area contributed by atoms with Crippen molar-refractivity contribution >= 4 is 11.7 Å². The molecule has 3 aromatic rings. The second-order valence-electron chi connectivity index (χ2n) is 5.47. The lowest BCUT2D eigenvalue weighted by atomic mass is 10.2. The molecule has 1 aromatic carbocycles. The molecule has 3 rings (SSSR count). The number of carbonyl (C=O) groups excluding carboxylic acids is 1. The Morgan fingerprint density at radius 3 is 2.72 bits per heavy atom. The van der Waals surface area contributed by atoms with Crippen molar-refractivity contribution < 1.29 is 14.3 Å². The van der Waals surface area contributed by atoms with Gasteiger partial charge in [0.1, 0.15) is 11.9 Å². The quantitative estimate of drug-likeness (QED) is 0.664. The largest absolute Gasteiger partial charge is 0.467 e. The van der Waals surface area contributed by atoms with E-state index in [2.05, 4.69) is 20.6 Å². The SMILES string of the molecule is Cc1ccnc(-c2ccc(NC(=O)NCC(O)c3ccco3)cc2)n1. The molecule has 128 valence electrons. The highest BCUT2D eigenvalue weighted by Gasteiger charge is 2.12. The first kappa shape index (κ1) is 16.7. The Labute approximate surface area is 144 Å². The van der Waals surface area contributed by atoms with Crippen molar-refractivity contribution in [3.05, 3.63) is 66.4 Å². The number of aromatic nitrogens is 2. The zero-order chi connectivity index (χ0) is 17.6. The number of hydrogen-bond donors (Lipinski definition) is 3. The standard InChI is InChI=1S/C18H18N4O3/c1-12-8-9-19-17(21-12)13-4-6-14(7-5-13)22-18(24)20-11-15(23)16-3-2-10-25-16/h2-10,15,23H,11H2,1H3,(H2,20,22,24). The van der Waals surface area contributed by atoms with Gasteiger partial charge in [-0.05, 0) is 49.4 Å². The maximum absolute atomic E-state index is 11.9. The van der Waals surface area contributed by atoms with E-state index in [1.165, 1.54) is 6.26 Å². The van der Waals surface area contributed by atoms with Crippen molar-refractivity contribution in [1.82, 2.24) is 15.3 Å². The molecular formula is C18H18N4O3. The number of anilines is 1. The number of rotatable bonds is 5. The van der Waals surface area contributed by atoms with Crippen molar-refractivity contribution in [1.29, 1.82) is 0 Å². The number of nitrogens with one attached hydrogen (secondary N) is 2. The Balaban J connectivity index is 1.55. The molecule has 0 spiro atoms. The summed E-state index contributed by atoms with van der Waals surface area (Å²) < 4.78 is 5.08. The summed E-state index contributed by atoms with van der Waals surface area (Å²) in [5.41, 5.74) is 2.38. The molecule has 1 atom stereocenters. The van der Waals surface area contributed by atoms with Gasteiger partial charge in [-0.2, -0.15) is 0 Å². The number of urea groups is 1. The minimum atomic E-state index is -0.887. The summed E-state index contributed by atoms with van der Waals surface area (Å²) in [7, 11) is 0. The summed E-state index contributed by atoms with van der Waals surface area (Å²) in [6.45, 7) is 1.96. The van der Waals surface area contributed by atoms with Crippen LogP contribution in [0.3, 0.4) is 0 Å². The highest BCUT2D eigenvalue weighted by molar-refractivity contribution is 5.89. The Morgan fingerprint density at radius 2 is 2.04 bits per heavy atom. The summed E-state index contributed by atoms with van der Waals surface area (Å²) in [6.07, 6.45) is 2.29. The topological polar surface area (TPSA) is 100 Å². The minimum absolute atomic E-state index is 0.0502. The van der Waals surface area contributed by atoms with E-state index >= 15 is 0 Å². The third kappa shape index (κ3) is 4.42. The van der Waals surface area contributed by atoms with E-state index in [0.717, 1.165) is 11.3 Å². The molecule has 0 saturated heterocycles. The maximum Gasteiger partial charge on any atom is 0.319 e. The van der Waals surface area contributed by atoms with Gasteiger partial charge in [-0.3, -0.25) is 0 Å². The first-order chi connectivity index (χ1) is 12.1. The molecule has 0 fully saturated rings. The first-order valence-electron chi connectivity index (χ1n) is 7.78. The molecule has 0 bridgehead atoms. The summed E-state index contributed by atoms with van der Waals surface area (Å²) in [5, 5.41) is 15.1. The second-order valence-corrected chi connectivity index (χ2v) is 5.47. The van der Waals surface area contributed by atoms with Crippen molar-refractivity contribution in [2.24, 2.45) is 0 Å². The van der Waals surface area contributed by atoms with Crippen LogP contribution in [0.25, 0.3) is 11.4 Å². The summed E-state index contributed by atoms with van der Waals surface area (Å²) in [4.78, 5) is 20.5. The van der Waals surface area contributed by atoms with Gasteiger partial charge in [0, 0.05) is 23.1 Å². The van der Waals surface area contributed by atoms with Gasteiger partial charge in [-0.25, -0.2) is 14.8 Å². The molecule has 2 heterocycles. The van der Waals surface area contributed by atoms with Gasteiger partial charge in [0.05, 0.1) is 12.8 Å². The Hall–Kier alpha value is -3.19. The molecule has 0 aliphatic heterocycles. The van der Waals surface area contributed by atoms with Crippen molar-refractivity contribution in [3.63, 3.8) is 0 Å². The monoisotopic (exact) mass is 338 g/mol. The molecular weight excluding hydrogens is 320 g/mol. The van der Waals surface area contributed by atoms with Crippen LogP contribution in [-0.4, -0.2) is 27.7 Å². The van der Waals surface area contributed by atoms with E-state index in [1.54, 1.807) is 30.5 Å². The van der Waals surface area contributed by atoms with Gasteiger partial charge >= 0.3 is 6.03 Å². The van der Waals surface area contributed by atoms with Crippen molar-refractivity contribution in [3.8, 4) is 11.4 Å². The Morgan fingerprint density at radius 1 is 1.24 bits per heavy atom. The first-order valence-corrected chi connectivity index (χ1v) is 7.78. The van der Waals surface area contributed by atoms with Crippen LogP contribution in [0.1, 0.15) is 17.6 Å². The van der Waals surface area contributed by atoms with E-state index in [9.17, 15) is 9.90 Å². The third-order valence-corrected chi connectivity index (χ3v) is 3.52. The zero-order valence-corrected chi connectivity index (χ0v) is 13.6. The highest BCUT2D eigenvalue weighted by atomic mass is 16.4. The van der Waals surface area contributed by atoms with Crippen LogP contribution in [0.2, 0.25) is 0 Å². The lowest BCUT2D eigenvalue weighted by Crippen LogP contribution is -2.32. The summed E-state index contributed by atoms with van der Waals surface area (Å²) in [5.74, 6) is 1.04. The van der Waals surface area contributed by atoms with E-state index in [1.807, 2.05) is 25.1 Å². The number of benzene rings is 1.